The quantitative estimate of drug-likeness (QED) is 0.475. The number of aromatic nitrogens is 2. The van der Waals surface area contributed by atoms with Crippen LogP contribution in [-0.2, 0) is 6.54 Å². The third-order valence-corrected chi connectivity index (χ3v) is 3.91. The fourth-order valence-corrected chi connectivity index (χ4v) is 2.83. The smallest absolute Gasteiger partial charge is 0.419 e. The zero-order valence-electron chi connectivity index (χ0n) is 13.1. The Morgan fingerprint density at radius 2 is 2.08 bits per heavy atom. The summed E-state index contributed by atoms with van der Waals surface area (Å²) in [5, 5.41) is 31.5. The molecule has 1 saturated heterocycles. The molecule has 0 spiro atoms. The van der Waals surface area contributed by atoms with Gasteiger partial charge in [-0.05, 0) is 28.4 Å². The number of nitrogens with one attached hydrogen (secondary N) is 1. The molecule has 12 heteroatoms. The van der Waals surface area contributed by atoms with Gasteiger partial charge in [-0.25, -0.2) is 9.80 Å². The van der Waals surface area contributed by atoms with Crippen LogP contribution in [0.4, 0.5) is 10.6 Å². The predicted octanol–water partition coefficient (Wildman–Crippen LogP) is -0.00410. The van der Waals surface area contributed by atoms with E-state index in [9.17, 15) is 20.0 Å². The first kappa shape index (κ1) is 18.4. The first-order valence-corrected chi connectivity index (χ1v) is 7.60. The minimum Gasteiger partial charge on any atom is -0.464 e. The van der Waals surface area contributed by atoms with Crippen molar-refractivity contribution in [2.75, 3.05) is 32.7 Å². The molecule has 1 aromatic rings. The molecule has 0 bridgehead atoms. The highest BCUT2D eigenvalue weighted by Crippen LogP contribution is 2.19. The minimum atomic E-state index is -1.18. The third kappa shape index (κ3) is 5.03. The monoisotopic (exact) mass is 362 g/mol. The van der Waals surface area contributed by atoms with E-state index < -0.39 is 16.6 Å². The lowest BCUT2D eigenvalue weighted by Crippen LogP contribution is -2.56. The van der Waals surface area contributed by atoms with E-state index in [4.69, 9.17) is 16.7 Å². The van der Waals surface area contributed by atoms with Gasteiger partial charge in [0.25, 0.3) is 0 Å². The summed E-state index contributed by atoms with van der Waals surface area (Å²) in [6.07, 6.45) is 0.0812. The van der Waals surface area contributed by atoms with Gasteiger partial charge in [-0.2, -0.15) is 0 Å². The Kier molecular flexibility index (Phi) is 5.59. The fraction of sp³-hybridized carbons (Fsp3) is 0.667. The molecule has 2 heterocycles. The number of halogens is 1. The molecule has 0 aromatic carbocycles. The fourth-order valence-electron chi connectivity index (χ4n) is 2.63. The van der Waals surface area contributed by atoms with Gasteiger partial charge in [0.2, 0.25) is 0 Å². The van der Waals surface area contributed by atoms with Crippen molar-refractivity contribution in [1.82, 2.24) is 24.9 Å². The molecule has 1 aliphatic rings. The van der Waals surface area contributed by atoms with Gasteiger partial charge in [0.15, 0.2) is 0 Å². The van der Waals surface area contributed by atoms with Crippen molar-refractivity contribution >= 4 is 23.5 Å². The highest BCUT2D eigenvalue weighted by molar-refractivity contribution is 6.28. The summed E-state index contributed by atoms with van der Waals surface area (Å²) in [5.74, 6) is -0.371. The highest BCUT2D eigenvalue weighted by atomic mass is 35.5. The summed E-state index contributed by atoms with van der Waals surface area (Å²) in [5.41, 5.74) is 1.11. The van der Waals surface area contributed by atoms with Crippen molar-refractivity contribution < 1.29 is 19.9 Å². The Morgan fingerprint density at radius 3 is 2.58 bits per heavy atom. The van der Waals surface area contributed by atoms with Crippen molar-refractivity contribution in [3.05, 3.63) is 21.6 Å². The Bertz CT molecular complexity index is 613. The average Bonchev–Trinajstić information content (AvgIpc) is 2.81. The van der Waals surface area contributed by atoms with Crippen molar-refractivity contribution in [1.29, 1.82) is 0 Å². The first-order valence-electron chi connectivity index (χ1n) is 7.22. The van der Waals surface area contributed by atoms with E-state index in [1.165, 1.54) is 10.8 Å². The molecule has 134 valence electrons. The number of carbonyl (C=O) groups is 1. The molecule has 1 aliphatic heterocycles. The van der Waals surface area contributed by atoms with Crippen LogP contribution in [0.15, 0.2) is 6.20 Å². The van der Waals surface area contributed by atoms with Gasteiger partial charge in [0, 0.05) is 32.7 Å². The average molecular weight is 363 g/mol. The van der Waals surface area contributed by atoms with Crippen molar-refractivity contribution in [2.45, 2.75) is 19.1 Å². The van der Waals surface area contributed by atoms with Gasteiger partial charge in [-0.15, -0.1) is 0 Å². The number of hydrogen-bond donors (Lipinski definition) is 3. The molecular weight excluding hydrogens is 344 g/mol. The Labute approximate surface area is 142 Å². The van der Waals surface area contributed by atoms with Crippen LogP contribution in [-0.4, -0.2) is 79.0 Å². The number of hydrogen-bond acceptors (Lipinski definition) is 7. The molecule has 0 unspecified atom stereocenters. The second-order valence-corrected chi connectivity index (χ2v) is 6.27. The molecule has 1 atom stereocenters. The summed E-state index contributed by atoms with van der Waals surface area (Å²) in [6.45, 7) is 4.13. The van der Waals surface area contributed by atoms with Crippen LogP contribution >= 0.6 is 11.6 Å². The van der Waals surface area contributed by atoms with Crippen LogP contribution in [0.5, 0.6) is 0 Å². The second kappa shape index (κ2) is 7.30. The Hall–Kier alpha value is -1.95. The lowest BCUT2D eigenvalue weighted by atomic mass is 10.1. The largest absolute Gasteiger partial charge is 0.464 e. The maximum Gasteiger partial charge on any atom is 0.419 e. The van der Waals surface area contributed by atoms with E-state index >= 15 is 0 Å². The van der Waals surface area contributed by atoms with Crippen LogP contribution in [0.3, 0.4) is 0 Å². The minimum absolute atomic E-state index is 0.0558. The lowest BCUT2D eigenvalue weighted by Gasteiger charge is -2.37. The molecule has 3 N–H and O–H groups in total. The molecular formula is C12H19ClN6O5. The number of carboxylic acid groups (broad SMARTS) is 1. The summed E-state index contributed by atoms with van der Waals surface area (Å²) < 4.78 is 1.34. The van der Waals surface area contributed by atoms with E-state index in [0.717, 1.165) is 0 Å². The van der Waals surface area contributed by atoms with Crippen LogP contribution in [0.2, 0.25) is 5.28 Å². The maximum absolute atomic E-state index is 10.7. The number of amides is 1. The molecule has 1 amide bonds. The number of imidazole rings is 1. The first-order chi connectivity index (χ1) is 11.2. The van der Waals surface area contributed by atoms with E-state index in [-0.39, 0.29) is 17.6 Å². The normalized spacial score (nSPS) is 19.0. The number of β-amino-alcohol motifs (C(OH)–C–C–N with tert-alkyl or cyclic N) is 1. The Balaban J connectivity index is 1.90. The van der Waals surface area contributed by atoms with Crippen molar-refractivity contribution in [3.8, 4) is 0 Å². The SMILES string of the molecule is C[C@](O)(CN1CCN(NC(=O)O)CC1)Cn1cc([N+](=O)[O-])nc1Cl. The molecule has 0 saturated carbocycles. The van der Waals surface area contributed by atoms with Gasteiger partial charge in [0.1, 0.15) is 6.20 Å². The molecule has 2 rings (SSSR count). The van der Waals surface area contributed by atoms with Crippen LogP contribution in [0.25, 0.3) is 0 Å². The molecule has 1 fully saturated rings. The van der Waals surface area contributed by atoms with E-state index in [1.807, 2.05) is 4.90 Å². The molecule has 0 aliphatic carbocycles. The van der Waals surface area contributed by atoms with Gasteiger partial charge < -0.3 is 20.3 Å². The summed E-state index contributed by atoms with van der Waals surface area (Å²) in [7, 11) is 0. The van der Waals surface area contributed by atoms with Gasteiger partial charge in [0.05, 0.1) is 12.1 Å². The Morgan fingerprint density at radius 1 is 1.46 bits per heavy atom. The van der Waals surface area contributed by atoms with Gasteiger partial charge in [-0.1, -0.05) is 0 Å². The van der Waals surface area contributed by atoms with Gasteiger partial charge in [-0.3, -0.25) is 14.9 Å². The van der Waals surface area contributed by atoms with Crippen LogP contribution in [0, 0.1) is 10.1 Å². The van der Waals surface area contributed by atoms with E-state index in [1.54, 1.807) is 11.9 Å². The second-order valence-electron chi connectivity index (χ2n) is 5.93. The third-order valence-electron chi connectivity index (χ3n) is 3.60. The number of nitrogens with zero attached hydrogens (tertiary/aromatic N) is 5. The number of hydrazine groups is 1. The predicted molar refractivity (Wildman–Crippen MR) is 83.7 cm³/mol. The molecule has 0 radical (unpaired) electrons. The zero-order chi connectivity index (χ0) is 17.9. The van der Waals surface area contributed by atoms with Crippen LogP contribution in [0.1, 0.15) is 6.92 Å². The highest BCUT2D eigenvalue weighted by Gasteiger charge is 2.30. The maximum atomic E-state index is 10.7. The number of nitro groups is 1. The topological polar surface area (TPSA) is 137 Å². The standard InChI is InChI=1S/C12H19ClN6O5/c1-12(22,8-17-6-9(19(23)24)14-10(17)13)7-16-2-4-18(5-3-16)15-11(20)21/h6,15,22H,2-5,7-8H2,1H3,(H,20,21)/t12-/m0/s1. The molecule has 11 nitrogen and oxygen atoms in total. The van der Waals surface area contributed by atoms with E-state index in [2.05, 4.69) is 10.4 Å². The number of piperazine rings is 1. The zero-order valence-corrected chi connectivity index (χ0v) is 13.8. The lowest BCUT2D eigenvalue weighted by molar-refractivity contribution is -0.389. The number of aliphatic hydroxyl groups is 1. The van der Waals surface area contributed by atoms with E-state index in [0.29, 0.717) is 32.7 Å². The number of rotatable bonds is 6. The summed E-state index contributed by atoms with van der Waals surface area (Å²) in [4.78, 5) is 26.2. The van der Waals surface area contributed by atoms with Gasteiger partial charge >= 0.3 is 17.2 Å². The van der Waals surface area contributed by atoms with Crippen molar-refractivity contribution in [3.63, 3.8) is 0 Å². The summed E-state index contributed by atoms with van der Waals surface area (Å²) >= 11 is 5.86. The summed E-state index contributed by atoms with van der Waals surface area (Å²) in [6, 6.07) is 0. The van der Waals surface area contributed by atoms with Crippen molar-refractivity contribution in [2.24, 2.45) is 0 Å². The molecule has 1 aromatic heterocycles. The molecule has 24 heavy (non-hydrogen) atoms. The van der Waals surface area contributed by atoms with Crippen LogP contribution < -0.4 is 5.43 Å².